The molecular weight excluding hydrogens is 276 g/mol. The first kappa shape index (κ1) is 14.3. The fourth-order valence-corrected chi connectivity index (χ4v) is 2.37. The number of halogens is 1. The second-order valence-electron chi connectivity index (χ2n) is 4.71. The molecule has 0 unspecified atom stereocenters. The summed E-state index contributed by atoms with van der Waals surface area (Å²) in [5, 5.41) is 0.583. The molecule has 0 atom stereocenters. The molecule has 1 amide bonds. The summed E-state index contributed by atoms with van der Waals surface area (Å²) < 4.78 is 1.72. The molecule has 0 saturated carbocycles. The van der Waals surface area contributed by atoms with Crippen molar-refractivity contribution in [3.05, 3.63) is 57.9 Å². The van der Waals surface area contributed by atoms with Crippen LogP contribution in [0.25, 0.3) is 0 Å². The number of nitrogens with zero attached hydrogens (tertiary/aromatic N) is 1. The number of hydrogen-bond donors (Lipinski definition) is 1. The first-order valence-corrected chi connectivity index (χ1v) is 6.51. The molecule has 20 heavy (non-hydrogen) atoms. The number of rotatable bonds is 4. The molecule has 104 valence electrons. The first-order chi connectivity index (χ1) is 9.40. The molecule has 2 N–H and O–H groups in total. The highest BCUT2D eigenvalue weighted by molar-refractivity contribution is 6.30. The largest absolute Gasteiger partial charge is 0.369 e. The van der Waals surface area contributed by atoms with Gasteiger partial charge in [-0.05, 0) is 42.8 Å². The Morgan fingerprint density at radius 1 is 1.25 bits per heavy atom. The van der Waals surface area contributed by atoms with E-state index in [0.717, 1.165) is 11.3 Å². The summed E-state index contributed by atoms with van der Waals surface area (Å²) in [4.78, 5) is 23.5. The molecule has 2 rings (SSSR count). The van der Waals surface area contributed by atoms with Crippen molar-refractivity contribution in [2.45, 2.75) is 13.3 Å². The highest BCUT2D eigenvalue weighted by Crippen LogP contribution is 2.19. The molecule has 1 aromatic carbocycles. The van der Waals surface area contributed by atoms with Gasteiger partial charge in [0.05, 0.1) is 12.1 Å². The lowest BCUT2D eigenvalue weighted by Crippen LogP contribution is -2.17. The smallest absolute Gasteiger partial charge is 0.223 e. The molecule has 0 spiro atoms. The zero-order valence-electron chi connectivity index (χ0n) is 11.3. The van der Waals surface area contributed by atoms with E-state index in [1.807, 2.05) is 13.0 Å². The van der Waals surface area contributed by atoms with Crippen molar-refractivity contribution in [1.82, 2.24) is 4.57 Å². The lowest BCUT2D eigenvalue weighted by Gasteiger charge is -2.07. The Morgan fingerprint density at radius 3 is 2.40 bits per heavy atom. The molecule has 2 aromatic rings. The van der Waals surface area contributed by atoms with E-state index in [2.05, 4.69) is 0 Å². The summed E-state index contributed by atoms with van der Waals surface area (Å²) in [7, 11) is 1.76. The lowest BCUT2D eigenvalue weighted by atomic mass is 10.1. The van der Waals surface area contributed by atoms with Gasteiger partial charge in [0.2, 0.25) is 11.7 Å². The van der Waals surface area contributed by atoms with Gasteiger partial charge < -0.3 is 10.3 Å². The average Bonchev–Trinajstić information content (AvgIpc) is 2.64. The molecule has 1 aromatic heterocycles. The van der Waals surface area contributed by atoms with Gasteiger partial charge in [-0.2, -0.15) is 0 Å². The Kier molecular flexibility index (Phi) is 3.95. The highest BCUT2D eigenvalue weighted by atomic mass is 35.5. The monoisotopic (exact) mass is 290 g/mol. The van der Waals surface area contributed by atoms with Gasteiger partial charge in [0.1, 0.15) is 0 Å². The van der Waals surface area contributed by atoms with Crippen LogP contribution in [-0.4, -0.2) is 16.3 Å². The third-order valence-corrected chi connectivity index (χ3v) is 3.45. The number of nitrogens with two attached hydrogens (primary N) is 1. The molecule has 0 saturated heterocycles. The van der Waals surface area contributed by atoms with Gasteiger partial charge in [-0.3, -0.25) is 9.59 Å². The molecule has 0 radical (unpaired) electrons. The van der Waals surface area contributed by atoms with Crippen LogP contribution in [0, 0.1) is 6.92 Å². The van der Waals surface area contributed by atoms with Crippen molar-refractivity contribution in [1.29, 1.82) is 0 Å². The maximum Gasteiger partial charge on any atom is 0.223 e. The molecule has 4 nitrogen and oxygen atoms in total. The SMILES string of the molecule is Cc1cc(CC(N)=O)n(C)c1C(=O)c1ccc(Cl)cc1. The van der Waals surface area contributed by atoms with Crippen LogP contribution in [0.3, 0.4) is 0 Å². The fourth-order valence-electron chi connectivity index (χ4n) is 2.24. The Hall–Kier alpha value is -2.07. The van der Waals surface area contributed by atoms with E-state index in [-0.39, 0.29) is 12.2 Å². The molecule has 1 heterocycles. The van der Waals surface area contributed by atoms with Crippen molar-refractivity contribution in [3.63, 3.8) is 0 Å². The molecular formula is C15H15ClN2O2. The van der Waals surface area contributed by atoms with Gasteiger partial charge in [0.15, 0.2) is 0 Å². The minimum atomic E-state index is -0.420. The normalized spacial score (nSPS) is 10.6. The molecule has 0 aliphatic heterocycles. The van der Waals surface area contributed by atoms with Crippen molar-refractivity contribution in [3.8, 4) is 0 Å². The Morgan fingerprint density at radius 2 is 1.85 bits per heavy atom. The number of benzene rings is 1. The van der Waals surface area contributed by atoms with E-state index < -0.39 is 5.91 Å². The van der Waals surface area contributed by atoms with Crippen LogP contribution >= 0.6 is 11.6 Å². The predicted octanol–water partition coefficient (Wildman–Crippen LogP) is 2.25. The number of aryl methyl sites for hydroxylation is 1. The van der Waals surface area contributed by atoms with Crippen molar-refractivity contribution < 1.29 is 9.59 Å². The number of amides is 1. The summed E-state index contributed by atoms with van der Waals surface area (Å²) >= 11 is 5.82. The Labute approximate surface area is 122 Å². The molecule has 0 aliphatic carbocycles. The third-order valence-electron chi connectivity index (χ3n) is 3.20. The van der Waals surface area contributed by atoms with Crippen LogP contribution < -0.4 is 5.73 Å². The van der Waals surface area contributed by atoms with Crippen LogP contribution in [0.1, 0.15) is 27.3 Å². The van der Waals surface area contributed by atoms with Gasteiger partial charge >= 0.3 is 0 Å². The average molecular weight is 291 g/mol. The molecule has 5 heteroatoms. The summed E-state index contributed by atoms with van der Waals surface area (Å²) in [5.41, 5.74) is 7.87. The van der Waals surface area contributed by atoms with Gasteiger partial charge in [0.25, 0.3) is 0 Å². The Balaban J connectivity index is 2.42. The van der Waals surface area contributed by atoms with Crippen molar-refractivity contribution >= 4 is 23.3 Å². The summed E-state index contributed by atoms with van der Waals surface area (Å²) in [6.45, 7) is 1.84. The van der Waals surface area contributed by atoms with Crippen LogP contribution in [0.2, 0.25) is 5.02 Å². The number of carbonyl (C=O) groups is 2. The maximum atomic E-state index is 12.5. The zero-order valence-corrected chi connectivity index (χ0v) is 12.1. The van der Waals surface area contributed by atoms with Crippen LogP contribution in [0.4, 0.5) is 0 Å². The first-order valence-electron chi connectivity index (χ1n) is 6.14. The van der Waals surface area contributed by atoms with E-state index in [4.69, 9.17) is 17.3 Å². The summed E-state index contributed by atoms with van der Waals surface area (Å²) in [5.74, 6) is -0.520. The highest BCUT2D eigenvalue weighted by Gasteiger charge is 2.19. The second-order valence-corrected chi connectivity index (χ2v) is 5.14. The van der Waals surface area contributed by atoms with Gasteiger partial charge in [0, 0.05) is 23.3 Å². The zero-order chi connectivity index (χ0) is 14.9. The maximum absolute atomic E-state index is 12.5. The summed E-state index contributed by atoms with van der Waals surface area (Å²) in [6, 6.07) is 8.54. The predicted molar refractivity (Wildman–Crippen MR) is 77.9 cm³/mol. The van der Waals surface area contributed by atoms with Crippen molar-refractivity contribution in [2.75, 3.05) is 0 Å². The number of hydrogen-bond acceptors (Lipinski definition) is 2. The molecule has 0 bridgehead atoms. The Bertz CT molecular complexity index is 672. The minimum Gasteiger partial charge on any atom is -0.369 e. The lowest BCUT2D eigenvalue weighted by molar-refractivity contribution is -0.117. The molecule has 0 fully saturated rings. The number of aromatic nitrogens is 1. The van der Waals surface area contributed by atoms with Gasteiger partial charge in [-0.15, -0.1) is 0 Å². The van der Waals surface area contributed by atoms with Crippen molar-refractivity contribution in [2.24, 2.45) is 12.8 Å². The van der Waals surface area contributed by atoms with E-state index in [1.54, 1.807) is 35.9 Å². The minimum absolute atomic E-state index is 0.0996. The topological polar surface area (TPSA) is 65.1 Å². The van der Waals surface area contributed by atoms with E-state index in [9.17, 15) is 9.59 Å². The van der Waals surface area contributed by atoms with Crippen LogP contribution in [0.15, 0.2) is 30.3 Å². The van der Waals surface area contributed by atoms with Crippen LogP contribution in [-0.2, 0) is 18.3 Å². The van der Waals surface area contributed by atoms with E-state index in [0.29, 0.717) is 16.3 Å². The quantitative estimate of drug-likeness (QED) is 0.878. The summed E-state index contributed by atoms with van der Waals surface area (Å²) in [6.07, 6.45) is 0.116. The van der Waals surface area contributed by atoms with Gasteiger partial charge in [-0.25, -0.2) is 0 Å². The third kappa shape index (κ3) is 2.75. The fraction of sp³-hybridized carbons (Fsp3) is 0.200. The second kappa shape index (κ2) is 5.51. The number of carbonyl (C=O) groups excluding carboxylic acids is 2. The number of ketones is 1. The van der Waals surface area contributed by atoms with Crippen LogP contribution in [0.5, 0.6) is 0 Å². The van der Waals surface area contributed by atoms with E-state index in [1.165, 1.54) is 0 Å². The van der Waals surface area contributed by atoms with Gasteiger partial charge in [-0.1, -0.05) is 11.6 Å². The molecule has 0 aliphatic rings. The standard InChI is InChI=1S/C15H15ClN2O2/c1-9-7-12(8-13(17)19)18(2)14(9)15(20)10-3-5-11(16)6-4-10/h3-7H,8H2,1-2H3,(H2,17,19). The number of primary amides is 1. The van der Waals surface area contributed by atoms with E-state index >= 15 is 0 Å².